The average Bonchev–Trinajstić information content (AvgIpc) is 1.90. The van der Waals surface area contributed by atoms with Crippen LogP contribution in [-0.4, -0.2) is 0 Å². The van der Waals surface area contributed by atoms with E-state index in [0.717, 1.165) is 6.42 Å². The molecule has 0 unspecified atom stereocenters. The second-order valence-corrected chi connectivity index (χ2v) is 2.04. The van der Waals surface area contributed by atoms with E-state index in [4.69, 9.17) is 0 Å². The number of rotatable bonds is 0. The SMILES string of the molecule is [C-]1=CC=CCCCC1.[Cl][Ru+]. The third kappa shape index (κ3) is 6.51. The molecule has 0 fully saturated rings. The van der Waals surface area contributed by atoms with E-state index in [2.05, 4.69) is 27.9 Å². The summed E-state index contributed by atoms with van der Waals surface area (Å²) in [5.41, 5.74) is 0. The molecule has 0 aliphatic heterocycles. The Bertz CT molecular complexity index is 93.8. The maximum atomic E-state index is 4.57. The van der Waals surface area contributed by atoms with Crippen molar-refractivity contribution in [3.05, 3.63) is 24.3 Å². The molecule has 58 valence electrons. The first-order valence-electron chi connectivity index (χ1n) is 3.35. The van der Waals surface area contributed by atoms with E-state index in [9.17, 15) is 0 Å². The number of hydrogen-bond donors (Lipinski definition) is 0. The standard InChI is InChI=1S/C8H11.ClH.Ru/c1-2-4-6-8-7-5-3-1;;/h1-3H,4,6-8H2;1H;/q-1;;+2/p-1. The molecule has 0 aromatic carbocycles. The van der Waals surface area contributed by atoms with Gasteiger partial charge in [0.05, 0.1) is 0 Å². The first kappa shape index (κ1) is 10.4. The number of hydrogen-bond acceptors (Lipinski definition) is 0. The van der Waals surface area contributed by atoms with E-state index in [1.807, 2.05) is 23.4 Å². The molecule has 0 aromatic heterocycles. The van der Waals surface area contributed by atoms with Crippen molar-refractivity contribution in [2.24, 2.45) is 0 Å². The Kier molecular flexibility index (Phi) is 9.76. The molecule has 2 heteroatoms. The molecule has 1 aliphatic rings. The molecule has 0 atom stereocenters. The van der Waals surface area contributed by atoms with Crippen molar-refractivity contribution in [2.75, 3.05) is 0 Å². The van der Waals surface area contributed by atoms with Gasteiger partial charge in [-0.25, -0.2) is 12.2 Å². The van der Waals surface area contributed by atoms with Crippen LogP contribution in [0.15, 0.2) is 18.2 Å². The van der Waals surface area contributed by atoms with Crippen LogP contribution in [0.3, 0.4) is 0 Å². The van der Waals surface area contributed by atoms with Gasteiger partial charge in [0.25, 0.3) is 0 Å². The van der Waals surface area contributed by atoms with Crippen molar-refractivity contribution >= 4 is 9.69 Å². The summed E-state index contributed by atoms with van der Waals surface area (Å²) in [6.07, 6.45) is 14.5. The normalized spacial score (nSPS) is 16.6. The van der Waals surface area contributed by atoms with Crippen LogP contribution in [0.5, 0.6) is 0 Å². The van der Waals surface area contributed by atoms with E-state index in [1.165, 1.54) is 19.3 Å². The minimum atomic E-state index is 1.14. The van der Waals surface area contributed by atoms with Gasteiger partial charge >= 0.3 is 27.0 Å². The van der Waals surface area contributed by atoms with Crippen molar-refractivity contribution < 1.29 is 17.3 Å². The molecule has 1 aliphatic carbocycles. The van der Waals surface area contributed by atoms with Crippen LogP contribution in [0.2, 0.25) is 0 Å². The molecule has 0 aromatic rings. The topological polar surface area (TPSA) is 0 Å². The zero-order valence-electron chi connectivity index (χ0n) is 5.79. The van der Waals surface area contributed by atoms with Gasteiger partial charge in [-0.2, -0.15) is 6.08 Å². The fourth-order valence-electron chi connectivity index (χ4n) is 0.805. The molecule has 1 rings (SSSR count). The molecule has 0 N–H and O–H groups in total. The molecule has 0 saturated heterocycles. The number of allylic oxidation sites excluding steroid dienone is 4. The van der Waals surface area contributed by atoms with E-state index in [0.29, 0.717) is 0 Å². The Hall–Kier alpha value is 0.393. The summed E-state index contributed by atoms with van der Waals surface area (Å²) in [5.74, 6) is 0. The number of halogens is 1. The summed E-state index contributed by atoms with van der Waals surface area (Å²) < 4.78 is 0. The van der Waals surface area contributed by atoms with E-state index in [1.54, 1.807) is 0 Å². The predicted molar refractivity (Wildman–Crippen MR) is 41.3 cm³/mol. The molecule has 0 bridgehead atoms. The minimum absolute atomic E-state index is 1.14. The molecular formula is C8H11ClRu. The molecule has 0 spiro atoms. The van der Waals surface area contributed by atoms with Crippen LogP contribution in [0.25, 0.3) is 0 Å². The van der Waals surface area contributed by atoms with Gasteiger partial charge in [0.15, 0.2) is 0 Å². The molecule has 0 heterocycles. The van der Waals surface area contributed by atoms with Gasteiger partial charge in [0.2, 0.25) is 0 Å². The zero-order chi connectivity index (χ0) is 7.66. The predicted octanol–water partition coefficient (Wildman–Crippen LogP) is 3.16. The van der Waals surface area contributed by atoms with E-state index in [-0.39, 0.29) is 0 Å². The Morgan fingerprint density at radius 1 is 1.30 bits per heavy atom. The van der Waals surface area contributed by atoms with Crippen LogP contribution in [-0.2, 0) is 17.3 Å². The summed E-state index contributed by atoms with van der Waals surface area (Å²) in [6.45, 7) is 0. The second-order valence-electron chi connectivity index (χ2n) is 2.04. The maximum absolute atomic E-state index is 4.57. The van der Waals surface area contributed by atoms with Crippen LogP contribution >= 0.6 is 9.69 Å². The van der Waals surface area contributed by atoms with Crippen molar-refractivity contribution in [1.82, 2.24) is 0 Å². The van der Waals surface area contributed by atoms with Crippen molar-refractivity contribution in [1.29, 1.82) is 0 Å². The molecule has 0 radical (unpaired) electrons. The molecule has 0 amide bonds. The molecule has 0 saturated carbocycles. The summed E-state index contributed by atoms with van der Waals surface area (Å²) in [7, 11) is 4.57. The van der Waals surface area contributed by atoms with Gasteiger partial charge in [-0.15, -0.1) is 6.42 Å². The van der Waals surface area contributed by atoms with Crippen LogP contribution in [0.4, 0.5) is 0 Å². The third-order valence-corrected chi connectivity index (χ3v) is 1.29. The summed E-state index contributed by atoms with van der Waals surface area (Å²) in [4.78, 5) is 0. The van der Waals surface area contributed by atoms with Crippen LogP contribution < -0.4 is 0 Å². The first-order chi connectivity index (χ1) is 5.00. The van der Waals surface area contributed by atoms with E-state index >= 15 is 0 Å². The van der Waals surface area contributed by atoms with Gasteiger partial charge in [-0.05, 0) is 0 Å². The Balaban J connectivity index is 0.000000371. The molecular weight excluding hydrogens is 233 g/mol. The first-order valence-corrected chi connectivity index (χ1v) is 5.59. The van der Waals surface area contributed by atoms with Crippen molar-refractivity contribution in [3.63, 3.8) is 0 Å². The van der Waals surface area contributed by atoms with Gasteiger partial charge < -0.3 is 0 Å². The fourth-order valence-corrected chi connectivity index (χ4v) is 0.805. The second kappa shape index (κ2) is 9.39. The average molecular weight is 244 g/mol. The van der Waals surface area contributed by atoms with Crippen LogP contribution in [0.1, 0.15) is 25.7 Å². The summed E-state index contributed by atoms with van der Waals surface area (Å²) >= 11 is 1.82. The fraction of sp³-hybridized carbons (Fsp3) is 0.500. The Labute approximate surface area is 77.1 Å². The van der Waals surface area contributed by atoms with Crippen molar-refractivity contribution in [2.45, 2.75) is 25.7 Å². The zero-order valence-corrected chi connectivity index (χ0v) is 8.29. The van der Waals surface area contributed by atoms with Gasteiger partial charge in [0, 0.05) is 0 Å². The van der Waals surface area contributed by atoms with Gasteiger partial charge in [0.1, 0.15) is 0 Å². The molecule has 0 nitrogen and oxygen atoms in total. The molecule has 10 heavy (non-hydrogen) atoms. The van der Waals surface area contributed by atoms with Crippen molar-refractivity contribution in [3.8, 4) is 0 Å². The summed E-state index contributed by atoms with van der Waals surface area (Å²) in [5, 5.41) is 0. The Morgan fingerprint density at radius 2 is 2.10 bits per heavy atom. The monoisotopic (exact) mass is 244 g/mol. The third-order valence-electron chi connectivity index (χ3n) is 1.29. The van der Waals surface area contributed by atoms with Crippen LogP contribution in [0, 0.1) is 6.08 Å². The quantitative estimate of drug-likeness (QED) is 0.453. The summed E-state index contributed by atoms with van der Waals surface area (Å²) in [6, 6.07) is 0. The van der Waals surface area contributed by atoms with Gasteiger partial charge in [-0.3, -0.25) is 6.08 Å². The Morgan fingerprint density at radius 3 is 2.90 bits per heavy atom. The van der Waals surface area contributed by atoms with Gasteiger partial charge in [-0.1, -0.05) is 19.3 Å². The van der Waals surface area contributed by atoms with E-state index < -0.39 is 0 Å².